The van der Waals surface area contributed by atoms with E-state index in [0.717, 1.165) is 11.3 Å². The van der Waals surface area contributed by atoms with Crippen molar-refractivity contribution in [2.24, 2.45) is 0 Å². The zero-order chi connectivity index (χ0) is 22.1. The Morgan fingerprint density at radius 1 is 0.875 bits per heavy atom. The first kappa shape index (κ1) is 19.6. The summed E-state index contributed by atoms with van der Waals surface area (Å²) in [5.74, 6) is -0.226. The summed E-state index contributed by atoms with van der Waals surface area (Å²) in [5, 5.41) is 8.08. The number of rotatable bonds is 5. The van der Waals surface area contributed by atoms with Crippen molar-refractivity contribution in [1.82, 2.24) is 19.7 Å². The van der Waals surface area contributed by atoms with Crippen LogP contribution in [0.3, 0.4) is 0 Å². The van der Waals surface area contributed by atoms with Crippen LogP contribution in [0.4, 0.5) is 20.5 Å². The lowest BCUT2D eigenvalue weighted by atomic mass is 10.1. The van der Waals surface area contributed by atoms with Crippen molar-refractivity contribution in [2.75, 3.05) is 11.1 Å². The van der Waals surface area contributed by atoms with Gasteiger partial charge in [0.05, 0.1) is 16.8 Å². The third kappa shape index (κ3) is 3.62. The highest BCUT2D eigenvalue weighted by atomic mass is 19.1. The van der Waals surface area contributed by atoms with E-state index in [1.54, 1.807) is 35.0 Å². The predicted octanol–water partition coefficient (Wildman–Crippen LogP) is 4.96. The molecule has 0 bridgehead atoms. The molecule has 0 saturated carbocycles. The molecule has 5 rings (SSSR count). The fraction of sp³-hybridized carbons (Fsp3) is 0.0417. The molecule has 0 atom stereocenters. The van der Waals surface area contributed by atoms with E-state index in [2.05, 4.69) is 20.4 Å². The van der Waals surface area contributed by atoms with Gasteiger partial charge in [-0.05, 0) is 42.0 Å². The molecule has 0 radical (unpaired) electrons. The van der Waals surface area contributed by atoms with Crippen molar-refractivity contribution in [3.63, 3.8) is 0 Å². The van der Waals surface area contributed by atoms with Gasteiger partial charge in [-0.2, -0.15) is 4.98 Å². The maximum atomic E-state index is 14.7. The highest BCUT2D eigenvalue weighted by Crippen LogP contribution is 2.34. The van der Waals surface area contributed by atoms with E-state index >= 15 is 0 Å². The third-order valence-electron chi connectivity index (χ3n) is 5.04. The van der Waals surface area contributed by atoms with Crippen LogP contribution in [0.1, 0.15) is 5.56 Å². The van der Waals surface area contributed by atoms with Gasteiger partial charge < -0.3 is 11.1 Å². The lowest BCUT2D eigenvalue weighted by Gasteiger charge is -2.09. The van der Waals surface area contributed by atoms with Crippen LogP contribution in [0.25, 0.3) is 28.0 Å². The largest absolute Gasteiger partial charge is 0.383 e. The minimum absolute atomic E-state index is 0.234. The monoisotopic (exact) mass is 428 g/mol. The molecule has 0 spiro atoms. The number of hydrogen-bond acceptors (Lipinski definition) is 5. The van der Waals surface area contributed by atoms with Crippen LogP contribution in [-0.2, 0) is 6.54 Å². The first-order valence-corrected chi connectivity index (χ1v) is 9.95. The molecule has 158 valence electrons. The van der Waals surface area contributed by atoms with Crippen LogP contribution in [0.15, 0.2) is 78.9 Å². The highest BCUT2D eigenvalue weighted by molar-refractivity contribution is 5.99. The summed E-state index contributed by atoms with van der Waals surface area (Å²) >= 11 is 0. The van der Waals surface area contributed by atoms with Crippen LogP contribution in [0.2, 0.25) is 0 Å². The maximum absolute atomic E-state index is 14.7. The minimum Gasteiger partial charge on any atom is -0.383 e. The zero-order valence-corrected chi connectivity index (χ0v) is 16.8. The Labute approximate surface area is 182 Å². The molecule has 0 amide bonds. The van der Waals surface area contributed by atoms with Gasteiger partial charge in [-0.1, -0.05) is 42.5 Å². The number of nitrogen functional groups attached to an aromatic ring is 1. The molecule has 3 N–H and O–H groups in total. The van der Waals surface area contributed by atoms with Gasteiger partial charge in [-0.15, -0.1) is 5.10 Å². The van der Waals surface area contributed by atoms with Gasteiger partial charge in [0.1, 0.15) is 17.5 Å². The average Bonchev–Trinajstić information content (AvgIpc) is 3.15. The number of nitrogens with zero attached hydrogens (tertiary/aromatic N) is 4. The molecular weight excluding hydrogens is 410 g/mol. The SMILES string of the molecule is Nc1c2c(-c3ccccc3F)nc(NCc3cccc(F)c3)nc2nn1-c1ccccc1. The Kier molecular flexibility index (Phi) is 4.95. The lowest BCUT2D eigenvalue weighted by Crippen LogP contribution is -2.05. The number of fused-ring (bicyclic) bond motifs is 1. The Morgan fingerprint density at radius 2 is 1.66 bits per heavy atom. The van der Waals surface area contributed by atoms with Crippen molar-refractivity contribution in [3.8, 4) is 16.9 Å². The normalized spacial score (nSPS) is 11.1. The van der Waals surface area contributed by atoms with E-state index in [1.165, 1.54) is 18.2 Å². The summed E-state index contributed by atoms with van der Waals surface area (Å²) in [4.78, 5) is 9.03. The quantitative estimate of drug-likeness (QED) is 0.414. The summed E-state index contributed by atoms with van der Waals surface area (Å²) in [5.41, 5.74) is 8.83. The summed E-state index contributed by atoms with van der Waals surface area (Å²) < 4.78 is 29.8. The Hall–Kier alpha value is -4.33. The van der Waals surface area contributed by atoms with Gasteiger partial charge in [0.25, 0.3) is 0 Å². The van der Waals surface area contributed by atoms with E-state index in [9.17, 15) is 8.78 Å². The fourth-order valence-electron chi connectivity index (χ4n) is 3.53. The van der Waals surface area contributed by atoms with Crippen LogP contribution >= 0.6 is 0 Å². The Morgan fingerprint density at radius 3 is 2.44 bits per heavy atom. The zero-order valence-electron chi connectivity index (χ0n) is 16.8. The van der Waals surface area contributed by atoms with Crippen molar-refractivity contribution < 1.29 is 8.78 Å². The summed E-state index contributed by atoms with van der Waals surface area (Å²) in [6.45, 7) is 0.287. The van der Waals surface area contributed by atoms with Gasteiger partial charge in [0.15, 0.2) is 5.65 Å². The van der Waals surface area contributed by atoms with Gasteiger partial charge >= 0.3 is 0 Å². The van der Waals surface area contributed by atoms with E-state index in [-0.39, 0.29) is 23.9 Å². The number of nitrogens with two attached hydrogens (primary N) is 1. The van der Waals surface area contributed by atoms with Gasteiger partial charge in [0.2, 0.25) is 5.95 Å². The molecule has 2 aromatic heterocycles. The van der Waals surface area contributed by atoms with Gasteiger partial charge in [-0.3, -0.25) is 0 Å². The standard InChI is InChI=1S/C24H18F2N6/c25-16-8-6-7-15(13-16)14-28-24-29-21(18-11-4-5-12-19(18)26)20-22(27)32(31-23(20)30-24)17-9-2-1-3-10-17/h1-13H,14,27H2,(H,28,30,31). The summed E-state index contributed by atoms with van der Waals surface area (Å²) in [6, 6.07) is 21.9. The number of nitrogens with one attached hydrogen (secondary N) is 1. The second-order valence-electron chi connectivity index (χ2n) is 7.19. The van der Waals surface area contributed by atoms with E-state index in [4.69, 9.17) is 5.73 Å². The van der Waals surface area contributed by atoms with Crippen LogP contribution in [-0.4, -0.2) is 19.7 Å². The fourth-order valence-corrected chi connectivity index (χ4v) is 3.53. The van der Waals surface area contributed by atoms with E-state index in [0.29, 0.717) is 22.5 Å². The van der Waals surface area contributed by atoms with Crippen molar-refractivity contribution in [2.45, 2.75) is 6.54 Å². The number of benzene rings is 3. The number of aromatic nitrogens is 4. The van der Waals surface area contributed by atoms with Crippen molar-refractivity contribution >= 4 is 22.8 Å². The number of anilines is 2. The molecular formula is C24H18F2N6. The second-order valence-corrected chi connectivity index (χ2v) is 7.19. The smallest absolute Gasteiger partial charge is 0.225 e. The minimum atomic E-state index is -0.435. The topological polar surface area (TPSA) is 81.7 Å². The number of hydrogen-bond donors (Lipinski definition) is 2. The molecule has 0 fully saturated rings. The van der Waals surface area contributed by atoms with Gasteiger partial charge in [0, 0.05) is 12.1 Å². The van der Waals surface area contributed by atoms with E-state index in [1.807, 2.05) is 30.3 Å². The predicted molar refractivity (Wildman–Crippen MR) is 120 cm³/mol. The first-order valence-electron chi connectivity index (χ1n) is 9.95. The Bertz CT molecular complexity index is 1420. The molecule has 0 aliphatic carbocycles. The molecule has 0 saturated heterocycles. The number of halogens is 2. The molecule has 5 aromatic rings. The molecule has 6 nitrogen and oxygen atoms in total. The van der Waals surface area contributed by atoms with Crippen LogP contribution in [0.5, 0.6) is 0 Å². The summed E-state index contributed by atoms with van der Waals surface area (Å²) in [6.07, 6.45) is 0. The molecule has 3 aromatic carbocycles. The second kappa shape index (κ2) is 8.07. The van der Waals surface area contributed by atoms with Gasteiger partial charge in [-0.25, -0.2) is 18.4 Å². The van der Waals surface area contributed by atoms with Crippen LogP contribution < -0.4 is 11.1 Å². The molecule has 0 aliphatic rings. The van der Waals surface area contributed by atoms with Crippen molar-refractivity contribution in [1.29, 1.82) is 0 Å². The highest BCUT2D eigenvalue weighted by Gasteiger charge is 2.20. The van der Waals surface area contributed by atoms with Crippen molar-refractivity contribution in [3.05, 3.63) is 96.1 Å². The number of para-hydroxylation sites is 1. The summed E-state index contributed by atoms with van der Waals surface area (Å²) in [7, 11) is 0. The average molecular weight is 428 g/mol. The molecule has 0 aliphatic heterocycles. The Balaban J connectivity index is 1.65. The first-order chi connectivity index (χ1) is 15.6. The lowest BCUT2D eigenvalue weighted by molar-refractivity contribution is 0.625. The third-order valence-corrected chi connectivity index (χ3v) is 5.04. The molecule has 0 unspecified atom stereocenters. The molecule has 32 heavy (non-hydrogen) atoms. The maximum Gasteiger partial charge on any atom is 0.225 e. The van der Waals surface area contributed by atoms with Crippen LogP contribution in [0, 0.1) is 11.6 Å². The molecule has 2 heterocycles. The van der Waals surface area contributed by atoms with E-state index < -0.39 is 5.82 Å². The molecule has 8 heteroatoms.